The molecule has 3 heteroatoms. The highest BCUT2D eigenvalue weighted by molar-refractivity contribution is 5.55. The highest BCUT2D eigenvalue weighted by atomic mass is 16.5. The summed E-state index contributed by atoms with van der Waals surface area (Å²) in [5.74, 6) is 1.62. The smallest absolute Gasteiger partial charge is 0.159 e. The van der Waals surface area contributed by atoms with E-state index in [1.54, 1.807) is 0 Å². The molecule has 0 fully saturated rings. The summed E-state index contributed by atoms with van der Waals surface area (Å²) in [6.07, 6.45) is 25.9. The summed E-state index contributed by atoms with van der Waals surface area (Å²) >= 11 is 0. The van der Waals surface area contributed by atoms with Crippen LogP contribution in [0.25, 0.3) is 11.4 Å². The largest absolute Gasteiger partial charge is 0.465 e. The number of benzene rings is 1. The number of allylic oxidation sites excluding steroid dienone is 1. The van der Waals surface area contributed by atoms with Gasteiger partial charge in [-0.1, -0.05) is 78.1 Å². The van der Waals surface area contributed by atoms with Gasteiger partial charge in [0.15, 0.2) is 5.82 Å². The zero-order valence-electron chi connectivity index (χ0n) is 19.8. The minimum Gasteiger partial charge on any atom is -0.465 e. The van der Waals surface area contributed by atoms with Crippen molar-refractivity contribution < 1.29 is 4.74 Å². The molecule has 0 aliphatic rings. The quantitative estimate of drug-likeness (QED) is 0.189. The number of nitrogens with zero attached hydrogens (tertiary/aromatic N) is 2. The fraction of sp³-hybridized carbons (Fsp3) is 0.571. The first-order chi connectivity index (χ1) is 15.3. The van der Waals surface area contributed by atoms with E-state index in [9.17, 15) is 0 Å². The maximum absolute atomic E-state index is 5.73. The van der Waals surface area contributed by atoms with Gasteiger partial charge in [0.05, 0.1) is 6.26 Å². The first kappa shape index (κ1) is 25.1. The third-order valence-corrected chi connectivity index (χ3v) is 5.66. The van der Waals surface area contributed by atoms with Crippen LogP contribution in [0, 0.1) is 0 Å². The van der Waals surface area contributed by atoms with E-state index in [1.807, 2.05) is 42.9 Å². The predicted octanol–water partition coefficient (Wildman–Crippen LogP) is 8.69. The van der Waals surface area contributed by atoms with E-state index in [-0.39, 0.29) is 0 Å². The maximum Gasteiger partial charge on any atom is 0.159 e. The molecule has 0 spiro atoms. The molecule has 0 bridgehead atoms. The SMILES string of the molecule is CCCCCCCCC/C=C\Oc1ccc(-c2ncc(CCCCCCC)cn2)cc1. The van der Waals surface area contributed by atoms with Gasteiger partial charge in [-0.05, 0) is 61.6 Å². The monoisotopic (exact) mass is 422 g/mol. The van der Waals surface area contributed by atoms with Crippen molar-refractivity contribution in [3.05, 3.63) is 54.6 Å². The highest BCUT2D eigenvalue weighted by Crippen LogP contribution is 2.20. The third kappa shape index (κ3) is 11.1. The normalized spacial score (nSPS) is 11.3. The second-order valence-electron chi connectivity index (χ2n) is 8.50. The van der Waals surface area contributed by atoms with E-state index in [1.165, 1.54) is 82.6 Å². The number of hydrogen-bond donors (Lipinski definition) is 0. The van der Waals surface area contributed by atoms with Gasteiger partial charge in [0.1, 0.15) is 5.75 Å². The van der Waals surface area contributed by atoms with Crippen LogP contribution < -0.4 is 4.74 Å². The van der Waals surface area contributed by atoms with Crippen LogP contribution in [0.2, 0.25) is 0 Å². The zero-order valence-corrected chi connectivity index (χ0v) is 19.8. The fourth-order valence-corrected chi connectivity index (χ4v) is 3.66. The molecular weight excluding hydrogens is 380 g/mol. The first-order valence-corrected chi connectivity index (χ1v) is 12.6. The van der Waals surface area contributed by atoms with Gasteiger partial charge in [0.25, 0.3) is 0 Å². The average Bonchev–Trinajstić information content (AvgIpc) is 2.81. The predicted molar refractivity (Wildman–Crippen MR) is 132 cm³/mol. The van der Waals surface area contributed by atoms with Gasteiger partial charge in [-0.15, -0.1) is 0 Å². The van der Waals surface area contributed by atoms with Crippen LogP contribution >= 0.6 is 0 Å². The lowest BCUT2D eigenvalue weighted by molar-refractivity contribution is 0.477. The minimum atomic E-state index is 0.774. The number of ether oxygens (including phenoxy) is 1. The number of aryl methyl sites for hydroxylation is 1. The topological polar surface area (TPSA) is 35.0 Å². The number of unbranched alkanes of at least 4 members (excludes halogenated alkanes) is 11. The molecule has 0 saturated carbocycles. The Kier molecular flexibility index (Phi) is 13.4. The Morgan fingerprint density at radius 2 is 1.29 bits per heavy atom. The van der Waals surface area contributed by atoms with Gasteiger partial charge in [0, 0.05) is 18.0 Å². The molecule has 0 atom stereocenters. The van der Waals surface area contributed by atoms with E-state index in [2.05, 4.69) is 29.9 Å². The summed E-state index contributed by atoms with van der Waals surface area (Å²) in [7, 11) is 0. The Morgan fingerprint density at radius 3 is 1.94 bits per heavy atom. The summed E-state index contributed by atoms with van der Waals surface area (Å²) in [6.45, 7) is 4.51. The summed E-state index contributed by atoms with van der Waals surface area (Å²) in [5, 5.41) is 0. The Balaban J connectivity index is 1.65. The van der Waals surface area contributed by atoms with Crippen LogP contribution in [0.1, 0.15) is 103 Å². The van der Waals surface area contributed by atoms with E-state index in [0.717, 1.165) is 30.0 Å². The molecule has 2 rings (SSSR count). The lowest BCUT2D eigenvalue weighted by atomic mass is 10.1. The minimum absolute atomic E-state index is 0.774. The number of rotatable bonds is 17. The molecule has 0 radical (unpaired) electrons. The van der Waals surface area contributed by atoms with Gasteiger partial charge < -0.3 is 4.74 Å². The third-order valence-electron chi connectivity index (χ3n) is 5.66. The number of hydrogen-bond acceptors (Lipinski definition) is 3. The van der Waals surface area contributed by atoms with E-state index in [4.69, 9.17) is 4.74 Å². The molecule has 1 aromatic carbocycles. The van der Waals surface area contributed by atoms with Crippen LogP contribution in [-0.2, 0) is 6.42 Å². The fourth-order valence-electron chi connectivity index (χ4n) is 3.66. The van der Waals surface area contributed by atoms with Crippen molar-refractivity contribution >= 4 is 0 Å². The standard InChI is InChI=1S/C28H42N2O/c1-3-5-7-9-10-11-12-14-16-22-31-27-20-18-26(19-21-27)28-29-23-25(24-30-28)17-15-13-8-6-4-2/h16,18-24H,3-15,17H2,1-2H3/b22-16-. The van der Waals surface area contributed by atoms with E-state index >= 15 is 0 Å². The summed E-state index contributed by atoms with van der Waals surface area (Å²) in [4.78, 5) is 9.11. The molecule has 1 aromatic heterocycles. The molecule has 0 saturated heterocycles. The molecule has 1 heterocycles. The van der Waals surface area contributed by atoms with E-state index in [0.29, 0.717) is 0 Å². The van der Waals surface area contributed by atoms with E-state index < -0.39 is 0 Å². The van der Waals surface area contributed by atoms with Gasteiger partial charge in [-0.3, -0.25) is 0 Å². The van der Waals surface area contributed by atoms with Crippen LogP contribution in [0.3, 0.4) is 0 Å². The van der Waals surface area contributed by atoms with Crippen LogP contribution in [0.4, 0.5) is 0 Å². The summed E-state index contributed by atoms with van der Waals surface area (Å²) in [6, 6.07) is 8.02. The second-order valence-corrected chi connectivity index (χ2v) is 8.50. The van der Waals surface area contributed by atoms with Crippen molar-refractivity contribution in [1.82, 2.24) is 9.97 Å². The number of aromatic nitrogens is 2. The van der Waals surface area contributed by atoms with Gasteiger partial charge in [-0.25, -0.2) is 9.97 Å². The van der Waals surface area contributed by atoms with Crippen molar-refractivity contribution in [3.8, 4) is 17.1 Å². The second kappa shape index (κ2) is 16.5. The van der Waals surface area contributed by atoms with Crippen LogP contribution in [0.15, 0.2) is 49.0 Å². The molecule has 0 aliphatic carbocycles. The van der Waals surface area contributed by atoms with Crippen LogP contribution in [-0.4, -0.2) is 9.97 Å². The maximum atomic E-state index is 5.73. The highest BCUT2D eigenvalue weighted by Gasteiger charge is 2.02. The lowest BCUT2D eigenvalue weighted by Gasteiger charge is -2.05. The Morgan fingerprint density at radius 1 is 0.710 bits per heavy atom. The average molecular weight is 423 g/mol. The molecule has 2 aromatic rings. The van der Waals surface area contributed by atoms with Crippen molar-refractivity contribution in [3.63, 3.8) is 0 Å². The first-order valence-electron chi connectivity index (χ1n) is 12.6. The van der Waals surface area contributed by atoms with Gasteiger partial charge in [-0.2, -0.15) is 0 Å². The molecule has 31 heavy (non-hydrogen) atoms. The van der Waals surface area contributed by atoms with Crippen molar-refractivity contribution in [2.24, 2.45) is 0 Å². The van der Waals surface area contributed by atoms with Crippen LogP contribution in [0.5, 0.6) is 5.75 Å². The Labute approximate surface area is 190 Å². The molecule has 0 amide bonds. The van der Waals surface area contributed by atoms with Gasteiger partial charge >= 0.3 is 0 Å². The summed E-state index contributed by atoms with van der Waals surface area (Å²) < 4.78 is 5.73. The molecule has 0 unspecified atom stereocenters. The molecule has 170 valence electrons. The molecular formula is C28H42N2O. The Hall–Kier alpha value is -2.16. The summed E-state index contributed by atoms with van der Waals surface area (Å²) in [5.41, 5.74) is 2.25. The Bertz CT molecular complexity index is 707. The van der Waals surface area contributed by atoms with Crippen molar-refractivity contribution in [2.45, 2.75) is 104 Å². The van der Waals surface area contributed by atoms with Crippen molar-refractivity contribution in [1.29, 1.82) is 0 Å². The lowest BCUT2D eigenvalue weighted by Crippen LogP contribution is -1.93. The molecule has 3 nitrogen and oxygen atoms in total. The molecule has 0 aliphatic heterocycles. The van der Waals surface area contributed by atoms with Gasteiger partial charge in [0.2, 0.25) is 0 Å². The zero-order chi connectivity index (χ0) is 22.0. The van der Waals surface area contributed by atoms with Crippen molar-refractivity contribution in [2.75, 3.05) is 0 Å². The molecule has 0 N–H and O–H groups in total.